The summed E-state index contributed by atoms with van der Waals surface area (Å²) in [4.78, 5) is 11.1. The third kappa shape index (κ3) is 2.73. The summed E-state index contributed by atoms with van der Waals surface area (Å²) < 4.78 is 10.3. The second kappa shape index (κ2) is 4.98. The Morgan fingerprint density at radius 3 is 1.65 bits per heavy atom. The number of ether oxygens (including phenoxy) is 2. The molecule has 1 rings (SSSR count). The van der Waals surface area contributed by atoms with Gasteiger partial charge < -0.3 is 9.47 Å². The normalized spacial score (nSPS) is 12.5. The number of carbonyl (C=O) groups excluding carboxylic acids is 1. The molecular weight excluding hydrogens is 216 g/mol. The molecule has 0 aliphatic heterocycles. The highest BCUT2D eigenvalue weighted by Gasteiger charge is 2.31. The van der Waals surface area contributed by atoms with Gasteiger partial charge in [0, 0.05) is 19.8 Å². The van der Waals surface area contributed by atoms with E-state index in [1.165, 1.54) is 19.8 Å². The van der Waals surface area contributed by atoms with E-state index in [1.54, 1.807) is 0 Å². The maximum absolute atomic E-state index is 11.1. The molecule has 94 valence electrons. The molecule has 0 spiro atoms. The Morgan fingerprint density at radius 1 is 0.941 bits per heavy atom. The van der Waals surface area contributed by atoms with Crippen molar-refractivity contribution in [3.05, 3.63) is 35.4 Å². The van der Waals surface area contributed by atoms with E-state index in [9.17, 15) is 4.79 Å². The van der Waals surface area contributed by atoms with Crippen LogP contribution in [0.1, 0.15) is 31.9 Å². The fraction of sp³-hybridized carbons (Fsp3) is 0.500. The largest absolute Gasteiger partial charge is 0.344 e. The molecule has 0 aliphatic rings. The van der Waals surface area contributed by atoms with Gasteiger partial charge in [-0.05, 0) is 11.0 Å². The van der Waals surface area contributed by atoms with Crippen molar-refractivity contribution in [2.75, 3.05) is 14.2 Å². The summed E-state index contributed by atoms with van der Waals surface area (Å²) in [5.74, 6) is -1.30. The van der Waals surface area contributed by atoms with Crippen molar-refractivity contribution in [1.29, 1.82) is 0 Å². The molecule has 1 aromatic rings. The van der Waals surface area contributed by atoms with Gasteiger partial charge in [-0.2, -0.15) is 0 Å². The van der Waals surface area contributed by atoms with Crippen molar-refractivity contribution in [3.8, 4) is 0 Å². The van der Waals surface area contributed by atoms with Crippen LogP contribution in [0.3, 0.4) is 0 Å². The first-order valence-electron chi connectivity index (χ1n) is 5.57. The molecule has 17 heavy (non-hydrogen) atoms. The third-order valence-electron chi connectivity index (χ3n) is 2.91. The molecule has 0 radical (unpaired) electrons. The number of aldehydes is 1. The smallest absolute Gasteiger partial charge is 0.252 e. The van der Waals surface area contributed by atoms with E-state index < -0.39 is 5.79 Å². The van der Waals surface area contributed by atoms with E-state index in [2.05, 4.69) is 20.8 Å². The van der Waals surface area contributed by atoms with E-state index in [0.29, 0.717) is 11.8 Å². The monoisotopic (exact) mass is 236 g/mol. The fourth-order valence-electron chi connectivity index (χ4n) is 1.69. The summed E-state index contributed by atoms with van der Waals surface area (Å²) in [6, 6.07) is 7.71. The lowest BCUT2D eigenvalue weighted by molar-refractivity contribution is -0.201. The van der Waals surface area contributed by atoms with Crippen LogP contribution in [0.2, 0.25) is 0 Å². The molecule has 0 N–H and O–H groups in total. The second-order valence-corrected chi connectivity index (χ2v) is 5.02. The third-order valence-corrected chi connectivity index (χ3v) is 2.91. The number of carbonyl (C=O) groups is 1. The molecule has 0 fully saturated rings. The maximum atomic E-state index is 11.1. The first kappa shape index (κ1) is 13.9. The molecule has 0 aliphatic carbocycles. The van der Waals surface area contributed by atoms with Crippen molar-refractivity contribution < 1.29 is 14.3 Å². The first-order valence-corrected chi connectivity index (χ1v) is 5.57. The average molecular weight is 236 g/mol. The van der Waals surface area contributed by atoms with Crippen molar-refractivity contribution in [3.63, 3.8) is 0 Å². The fourth-order valence-corrected chi connectivity index (χ4v) is 1.69. The van der Waals surface area contributed by atoms with Crippen molar-refractivity contribution in [1.82, 2.24) is 0 Å². The van der Waals surface area contributed by atoms with Crippen LogP contribution < -0.4 is 0 Å². The molecule has 3 heteroatoms. The van der Waals surface area contributed by atoms with Gasteiger partial charge in [0.05, 0.1) is 0 Å². The van der Waals surface area contributed by atoms with Crippen LogP contribution in [0.25, 0.3) is 0 Å². The lowest BCUT2D eigenvalue weighted by Gasteiger charge is -2.26. The molecule has 0 amide bonds. The van der Waals surface area contributed by atoms with Gasteiger partial charge in [-0.15, -0.1) is 0 Å². The quantitative estimate of drug-likeness (QED) is 0.595. The van der Waals surface area contributed by atoms with Crippen molar-refractivity contribution in [2.24, 2.45) is 0 Å². The highest BCUT2D eigenvalue weighted by atomic mass is 16.7. The molecule has 3 nitrogen and oxygen atoms in total. The van der Waals surface area contributed by atoms with Gasteiger partial charge in [-0.1, -0.05) is 45.0 Å². The zero-order valence-electron chi connectivity index (χ0n) is 11.1. The summed E-state index contributed by atoms with van der Waals surface area (Å²) in [6.07, 6.45) is 0.666. The highest BCUT2D eigenvalue weighted by Crippen LogP contribution is 2.27. The summed E-state index contributed by atoms with van der Waals surface area (Å²) in [6.45, 7) is 6.42. The Labute approximate surface area is 103 Å². The van der Waals surface area contributed by atoms with Crippen LogP contribution in [0.5, 0.6) is 0 Å². The van der Waals surface area contributed by atoms with Crippen LogP contribution in [-0.2, 0) is 25.5 Å². The lowest BCUT2D eigenvalue weighted by Crippen LogP contribution is -2.32. The highest BCUT2D eigenvalue weighted by molar-refractivity contribution is 5.64. The molecular formula is C14H20O3. The van der Waals surface area contributed by atoms with Gasteiger partial charge in [0.15, 0.2) is 6.29 Å². The molecule has 0 heterocycles. The maximum Gasteiger partial charge on any atom is 0.252 e. The summed E-state index contributed by atoms with van der Waals surface area (Å²) in [5, 5.41) is 0. The van der Waals surface area contributed by atoms with Crippen molar-refractivity contribution >= 4 is 6.29 Å². The Bertz CT molecular complexity index is 369. The summed E-state index contributed by atoms with van der Waals surface area (Å²) in [7, 11) is 2.91. The summed E-state index contributed by atoms with van der Waals surface area (Å²) in [5.41, 5.74) is 1.99. The van der Waals surface area contributed by atoms with Gasteiger partial charge in [0.1, 0.15) is 0 Å². The zero-order valence-corrected chi connectivity index (χ0v) is 11.1. The Kier molecular flexibility index (Phi) is 4.07. The Morgan fingerprint density at radius 2 is 1.35 bits per heavy atom. The first-order chi connectivity index (χ1) is 7.89. The van der Waals surface area contributed by atoms with Crippen LogP contribution in [0, 0.1) is 0 Å². The Balaban J connectivity index is 3.13. The minimum absolute atomic E-state index is 0.0858. The van der Waals surface area contributed by atoms with Gasteiger partial charge in [-0.25, -0.2) is 0 Å². The molecule has 0 aromatic heterocycles. The molecule has 0 bridgehead atoms. The number of hydrogen-bond donors (Lipinski definition) is 0. The van der Waals surface area contributed by atoms with Crippen molar-refractivity contribution in [2.45, 2.75) is 32.0 Å². The predicted octanol–water partition coefficient (Wildman–Crippen LogP) is 2.63. The van der Waals surface area contributed by atoms with E-state index in [1.807, 2.05) is 24.3 Å². The van der Waals surface area contributed by atoms with Crippen LogP contribution in [0.4, 0.5) is 0 Å². The lowest BCUT2D eigenvalue weighted by atomic mass is 9.86. The van der Waals surface area contributed by atoms with E-state index >= 15 is 0 Å². The number of benzene rings is 1. The van der Waals surface area contributed by atoms with Crippen LogP contribution in [0.15, 0.2) is 24.3 Å². The number of methoxy groups -OCH3 is 2. The average Bonchev–Trinajstić information content (AvgIpc) is 2.32. The van der Waals surface area contributed by atoms with E-state index in [4.69, 9.17) is 9.47 Å². The van der Waals surface area contributed by atoms with E-state index in [-0.39, 0.29) is 5.41 Å². The summed E-state index contributed by atoms with van der Waals surface area (Å²) >= 11 is 0. The standard InChI is InChI=1S/C14H20O3/c1-13(2,3)11-6-8-12(9-7-11)14(10-15,16-4)17-5/h6-10H,1-5H3. The van der Waals surface area contributed by atoms with Crippen LogP contribution in [-0.4, -0.2) is 20.5 Å². The predicted molar refractivity (Wildman–Crippen MR) is 66.9 cm³/mol. The van der Waals surface area contributed by atoms with Gasteiger partial charge in [-0.3, -0.25) is 4.79 Å². The van der Waals surface area contributed by atoms with Gasteiger partial charge in [0.2, 0.25) is 0 Å². The van der Waals surface area contributed by atoms with Gasteiger partial charge >= 0.3 is 0 Å². The topological polar surface area (TPSA) is 35.5 Å². The molecule has 0 unspecified atom stereocenters. The SMILES string of the molecule is COC(C=O)(OC)c1ccc(C(C)(C)C)cc1. The molecule has 0 saturated heterocycles. The minimum Gasteiger partial charge on any atom is -0.344 e. The van der Waals surface area contributed by atoms with E-state index in [0.717, 1.165) is 0 Å². The number of hydrogen-bond acceptors (Lipinski definition) is 3. The molecule has 0 saturated carbocycles. The molecule has 0 atom stereocenters. The van der Waals surface area contributed by atoms with Crippen LogP contribution >= 0.6 is 0 Å². The zero-order chi connectivity index (χ0) is 13.1. The second-order valence-electron chi connectivity index (χ2n) is 5.02. The number of rotatable bonds is 4. The Hall–Kier alpha value is -1.19. The molecule has 1 aromatic carbocycles. The minimum atomic E-state index is -1.30. The van der Waals surface area contributed by atoms with Gasteiger partial charge in [0.25, 0.3) is 5.79 Å².